The van der Waals surface area contributed by atoms with Gasteiger partial charge in [0.2, 0.25) is 10.0 Å². The number of sulfonamides is 1. The lowest BCUT2D eigenvalue weighted by Gasteiger charge is -2.22. The van der Waals surface area contributed by atoms with Gasteiger partial charge in [0.05, 0.1) is 29.3 Å². The van der Waals surface area contributed by atoms with Crippen LogP contribution < -0.4 is 14.4 Å². The summed E-state index contributed by atoms with van der Waals surface area (Å²) >= 11 is 1.40. The summed E-state index contributed by atoms with van der Waals surface area (Å²) in [6.45, 7) is 6.01. The Morgan fingerprint density at radius 3 is 2.15 bits per heavy atom. The molecular formula is C27H39ClN4O5S2. The second kappa shape index (κ2) is 14.8. The molecule has 9 nitrogen and oxygen atoms in total. The second-order valence-electron chi connectivity index (χ2n) is 9.16. The first-order valence-corrected chi connectivity index (χ1v) is 15.0. The average molecular weight is 599 g/mol. The molecule has 0 radical (unpaired) electrons. The Labute approximate surface area is 242 Å². The predicted octanol–water partition coefficient (Wildman–Crippen LogP) is 5.14. The Morgan fingerprint density at radius 2 is 1.59 bits per heavy atom. The van der Waals surface area contributed by atoms with Crippen molar-refractivity contribution < 1.29 is 22.7 Å². The normalized spacial score (nSPS) is 11.6. The Balaban J connectivity index is 0.00000533. The van der Waals surface area contributed by atoms with Crippen LogP contribution in [0.2, 0.25) is 0 Å². The number of carbonyl (C=O) groups excluding carboxylic acids is 1. The third-order valence-electron chi connectivity index (χ3n) is 6.20. The summed E-state index contributed by atoms with van der Waals surface area (Å²) in [4.78, 5) is 22.4. The van der Waals surface area contributed by atoms with Crippen molar-refractivity contribution in [2.75, 3.05) is 59.4 Å². The third-order valence-corrected chi connectivity index (χ3v) is 9.23. The maximum absolute atomic E-state index is 13.7. The highest BCUT2D eigenvalue weighted by molar-refractivity contribution is 7.89. The van der Waals surface area contributed by atoms with E-state index < -0.39 is 10.0 Å². The van der Waals surface area contributed by atoms with Crippen LogP contribution in [-0.4, -0.2) is 83.0 Å². The van der Waals surface area contributed by atoms with Crippen molar-refractivity contribution in [2.45, 2.75) is 38.0 Å². The van der Waals surface area contributed by atoms with Crippen LogP contribution in [0.5, 0.6) is 11.5 Å². The van der Waals surface area contributed by atoms with Crippen molar-refractivity contribution in [3.8, 4) is 11.5 Å². The maximum atomic E-state index is 13.7. The van der Waals surface area contributed by atoms with Gasteiger partial charge in [0.15, 0.2) is 16.6 Å². The van der Waals surface area contributed by atoms with E-state index in [2.05, 4.69) is 4.90 Å². The number of thiazole rings is 1. The first kappa shape index (κ1) is 32.8. The molecule has 3 rings (SSSR count). The number of halogens is 1. The zero-order chi connectivity index (χ0) is 27.9. The molecule has 0 bridgehead atoms. The molecule has 2 aromatic carbocycles. The van der Waals surface area contributed by atoms with Gasteiger partial charge in [-0.25, -0.2) is 13.4 Å². The van der Waals surface area contributed by atoms with Crippen LogP contribution in [-0.2, 0) is 10.0 Å². The summed E-state index contributed by atoms with van der Waals surface area (Å²) in [6, 6.07) is 9.86. The van der Waals surface area contributed by atoms with Crippen molar-refractivity contribution >= 4 is 55.0 Å². The number of benzene rings is 2. The average Bonchev–Trinajstić information content (AvgIpc) is 3.32. The molecule has 0 fully saturated rings. The molecule has 1 aromatic heterocycles. The smallest absolute Gasteiger partial charge is 0.260 e. The standard InChI is InChI=1S/C27H38N4O5S2.ClH/c1-7-9-16-30(8-2)38(33,34)21-13-11-20(12-14-21)26(32)31(17-10-15-29(3)4)27-28-22-18-23(35-5)24(36-6)19-25(22)37-27;/h11-14,18-19H,7-10,15-17H2,1-6H3;1H. The van der Waals surface area contributed by atoms with Gasteiger partial charge in [0, 0.05) is 37.3 Å². The molecule has 0 aliphatic rings. The van der Waals surface area contributed by atoms with Crippen LogP contribution in [0.3, 0.4) is 0 Å². The van der Waals surface area contributed by atoms with Crippen LogP contribution in [0.1, 0.15) is 43.5 Å². The molecule has 0 aliphatic carbocycles. The molecule has 1 heterocycles. The molecule has 0 saturated heterocycles. The molecule has 0 aliphatic heterocycles. The van der Waals surface area contributed by atoms with Gasteiger partial charge in [0.1, 0.15) is 0 Å². The predicted molar refractivity (Wildman–Crippen MR) is 161 cm³/mol. The van der Waals surface area contributed by atoms with Crippen LogP contribution in [0, 0.1) is 0 Å². The van der Waals surface area contributed by atoms with Crippen LogP contribution in [0.25, 0.3) is 10.2 Å². The van der Waals surface area contributed by atoms with Crippen molar-refractivity contribution in [3.63, 3.8) is 0 Å². The number of amides is 1. The quantitative estimate of drug-likeness (QED) is 0.253. The van der Waals surface area contributed by atoms with Crippen LogP contribution >= 0.6 is 23.7 Å². The maximum Gasteiger partial charge on any atom is 0.260 e. The van der Waals surface area contributed by atoms with Gasteiger partial charge in [-0.1, -0.05) is 31.6 Å². The van der Waals surface area contributed by atoms with Gasteiger partial charge in [0.25, 0.3) is 5.91 Å². The van der Waals surface area contributed by atoms with E-state index in [4.69, 9.17) is 14.5 Å². The van der Waals surface area contributed by atoms with Gasteiger partial charge < -0.3 is 14.4 Å². The Hall–Kier alpha value is -2.44. The molecular weight excluding hydrogens is 560 g/mol. The molecule has 216 valence electrons. The Morgan fingerprint density at radius 1 is 0.949 bits per heavy atom. The SMILES string of the molecule is CCCCN(CC)S(=O)(=O)c1ccc(C(=O)N(CCCN(C)C)c2nc3cc(OC)c(OC)cc3s2)cc1.Cl. The monoisotopic (exact) mass is 598 g/mol. The van der Waals surface area contributed by atoms with Gasteiger partial charge in [-0.05, 0) is 57.7 Å². The molecule has 0 spiro atoms. The topological polar surface area (TPSA) is 92.3 Å². The first-order chi connectivity index (χ1) is 18.2. The lowest BCUT2D eigenvalue weighted by Crippen LogP contribution is -2.34. The van der Waals surface area contributed by atoms with E-state index >= 15 is 0 Å². The number of unbranched alkanes of at least 4 members (excludes halogenated alkanes) is 1. The number of ether oxygens (including phenoxy) is 2. The summed E-state index contributed by atoms with van der Waals surface area (Å²) in [5.74, 6) is 0.931. The number of hydrogen-bond donors (Lipinski definition) is 0. The summed E-state index contributed by atoms with van der Waals surface area (Å²) in [6.07, 6.45) is 2.45. The highest BCUT2D eigenvalue weighted by Gasteiger charge is 2.25. The molecule has 0 N–H and O–H groups in total. The van der Waals surface area contributed by atoms with Gasteiger partial charge >= 0.3 is 0 Å². The molecule has 0 atom stereocenters. The lowest BCUT2D eigenvalue weighted by molar-refractivity contribution is 0.0986. The second-order valence-corrected chi connectivity index (χ2v) is 12.1. The van der Waals surface area contributed by atoms with Crippen LogP contribution in [0.15, 0.2) is 41.3 Å². The highest BCUT2D eigenvalue weighted by Crippen LogP contribution is 2.37. The van der Waals surface area contributed by atoms with E-state index in [1.807, 2.05) is 34.0 Å². The summed E-state index contributed by atoms with van der Waals surface area (Å²) in [5.41, 5.74) is 1.11. The number of methoxy groups -OCH3 is 2. The minimum absolute atomic E-state index is 0. The molecule has 39 heavy (non-hydrogen) atoms. The summed E-state index contributed by atoms with van der Waals surface area (Å²) in [7, 11) is 3.50. The van der Waals surface area contributed by atoms with E-state index in [-0.39, 0.29) is 23.2 Å². The van der Waals surface area contributed by atoms with E-state index in [1.54, 1.807) is 37.3 Å². The molecule has 12 heteroatoms. The lowest BCUT2D eigenvalue weighted by atomic mass is 10.2. The van der Waals surface area contributed by atoms with Crippen molar-refractivity contribution in [3.05, 3.63) is 42.0 Å². The fourth-order valence-electron chi connectivity index (χ4n) is 4.04. The number of anilines is 1. The number of nitrogens with zero attached hydrogens (tertiary/aromatic N) is 4. The molecule has 3 aromatic rings. The number of hydrogen-bond acceptors (Lipinski definition) is 8. The fourth-order valence-corrected chi connectivity index (χ4v) is 6.53. The van der Waals surface area contributed by atoms with Gasteiger partial charge in [-0.15, -0.1) is 12.4 Å². The zero-order valence-electron chi connectivity index (χ0n) is 23.5. The Bertz CT molecular complexity index is 1290. The summed E-state index contributed by atoms with van der Waals surface area (Å²) < 4.78 is 39.4. The first-order valence-electron chi connectivity index (χ1n) is 12.8. The van der Waals surface area contributed by atoms with Crippen molar-refractivity contribution in [1.82, 2.24) is 14.2 Å². The van der Waals surface area contributed by atoms with E-state index in [9.17, 15) is 13.2 Å². The number of carbonyl (C=O) groups is 1. The van der Waals surface area contributed by atoms with Gasteiger partial charge in [-0.3, -0.25) is 9.69 Å². The van der Waals surface area contributed by atoms with Gasteiger partial charge in [-0.2, -0.15) is 4.31 Å². The largest absolute Gasteiger partial charge is 0.493 e. The van der Waals surface area contributed by atoms with Crippen molar-refractivity contribution in [1.29, 1.82) is 0 Å². The van der Waals surface area contributed by atoms with E-state index in [0.717, 1.165) is 30.5 Å². The van der Waals surface area contributed by atoms with E-state index in [0.29, 0.717) is 47.3 Å². The number of aromatic nitrogens is 1. The molecule has 1 amide bonds. The Kier molecular flexibility index (Phi) is 12.4. The van der Waals surface area contributed by atoms with Crippen molar-refractivity contribution in [2.24, 2.45) is 0 Å². The van der Waals surface area contributed by atoms with Crippen LogP contribution in [0.4, 0.5) is 5.13 Å². The van der Waals surface area contributed by atoms with E-state index in [1.165, 1.54) is 27.8 Å². The highest BCUT2D eigenvalue weighted by atomic mass is 35.5. The minimum Gasteiger partial charge on any atom is -0.493 e. The number of fused-ring (bicyclic) bond motifs is 1. The zero-order valence-corrected chi connectivity index (χ0v) is 25.9. The third kappa shape index (κ3) is 7.82. The minimum atomic E-state index is -3.62. The summed E-state index contributed by atoms with van der Waals surface area (Å²) in [5, 5.41) is 0.562. The molecule has 0 unspecified atom stereocenters. The number of rotatable bonds is 14. The molecule has 0 saturated carbocycles. The fraction of sp³-hybridized carbons (Fsp3) is 0.481.